The van der Waals surface area contributed by atoms with Crippen molar-refractivity contribution < 1.29 is 22.7 Å². The van der Waals surface area contributed by atoms with Crippen LogP contribution in [-0.4, -0.2) is 65.5 Å². The average molecular weight is 444 g/mol. The van der Waals surface area contributed by atoms with Crippen LogP contribution >= 0.6 is 0 Å². The fourth-order valence-electron chi connectivity index (χ4n) is 4.88. The number of Topliss-reactive ketones (excluding diaryl/α,β-unsaturated/α-hetero) is 1. The fourth-order valence-corrected chi connectivity index (χ4v) is 6.73. The van der Waals surface area contributed by atoms with Crippen LogP contribution in [0.15, 0.2) is 30.5 Å². The minimum atomic E-state index is -2.96. The smallest absolute Gasteiger partial charge is 0.275 e. The third kappa shape index (κ3) is 3.64. The molecule has 5 rings (SSSR count). The number of rotatable bonds is 3. The fraction of sp³-hybridized carbons (Fsp3) is 0.500. The van der Waals surface area contributed by atoms with E-state index in [0.717, 1.165) is 11.1 Å². The van der Waals surface area contributed by atoms with Crippen molar-refractivity contribution in [1.82, 2.24) is 14.7 Å². The molecule has 0 aliphatic carbocycles. The number of nitrogens with zero attached hydrogens (tertiary/aromatic N) is 3. The van der Waals surface area contributed by atoms with Gasteiger partial charge in [0, 0.05) is 36.3 Å². The van der Waals surface area contributed by atoms with Gasteiger partial charge in [-0.25, -0.2) is 8.42 Å². The number of hydrogen-bond acceptors (Lipinski definition) is 6. The predicted molar refractivity (Wildman–Crippen MR) is 113 cm³/mol. The van der Waals surface area contributed by atoms with Gasteiger partial charge < -0.3 is 9.64 Å². The molecule has 1 saturated heterocycles. The molecular weight excluding hydrogens is 418 g/mol. The molecule has 8 nitrogen and oxygen atoms in total. The maximum absolute atomic E-state index is 13.3. The lowest BCUT2D eigenvalue weighted by atomic mass is 9.91. The second-order valence-corrected chi connectivity index (χ2v) is 11.0. The Morgan fingerprint density at radius 3 is 2.81 bits per heavy atom. The molecule has 1 fully saturated rings. The van der Waals surface area contributed by atoms with Crippen molar-refractivity contribution in [3.63, 3.8) is 0 Å². The second kappa shape index (κ2) is 7.47. The van der Waals surface area contributed by atoms with Crippen LogP contribution in [0.25, 0.3) is 0 Å². The van der Waals surface area contributed by atoms with Crippen molar-refractivity contribution >= 4 is 21.5 Å². The van der Waals surface area contributed by atoms with E-state index >= 15 is 0 Å². The van der Waals surface area contributed by atoms with Crippen LogP contribution in [0.1, 0.15) is 40.9 Å². The maximum Gasteiger partial charge on any atom is 0.275 e. The van der Waals surface area contributed by atoms with Crippen molar-refractivity contribution in [3.05, 3.63) is 47.3 Å². The zero-order valence-electron chi connectivity index (χ0n) is 17.4. The highest BCUT2D eigenvalue weighted by molar-refractivity contribution is 7.91. The lowest BCUT2D eigenvalue weighted by molar-refractivity contribution is -0.125. The molecule has 0 radical (unpaired) electrons. The number of carbonyl (C=O) groups excluding carboxylic acids is 2. The summed E-state index contributed by atoms with van der Waals surface area (Å²) < 4.78 is 31.1. The largest absolute Gasteiger partial charge is 0.491 e. The Kier molecular flexibility index (Phi) is 4.88. The van der Waals surface area contributed by atoms with Crippen molar-refractivity contribution in [2.75, 3.05) is 24.7 Å². The topological polar surface area (TPSA) is 98.6 Å². The number of amides is 1. The monoisotopic (exact) mass is 443 g/mol. The number of fused-ring (bicyclic) bond motifs is 2. The number of ether oxygens (including phenoxy) is 1. The third-order valence-corrected chi connectivity index (χ3v) is 8.45. The number of para-hydroxylation sites is 1. The number of sulfone groups is 1. The maximum atomic E-state index is 13.3. The van der Waals surface area contributed by atoms with Crippen molar-refractivity contribution in [1.29, 1.82) is 0 Å². The molecule has 1 aromatic heterocycles. The highest BCUT2D eigenvalue weighted by atomic mass is 32.2. The first-order valence-corrected chi connectivity index (χ1v) is 12.5. The normalized spacial score (nSPS) is 27.4. The molecule has 3 aliphatic heterocycles. The Labute approximate surface area is 181 Å². The first kappa shape index (κ1) is 20.2. The molecule has 31 heavy (non-hydrogen) atoms. The summed E-state index contributed by atoms with van der Waals surface area (Å²) in [4.78, 5) is 28.0. The van der Waals surface area contributed by atoms with E-state index in [1.54, 1.807) is 9.58 Å². The molecule has 2 unspecified atom stereocenters. The quantitative estimate of drug-likeness (QED) is 0.712. The second-order valence-electron chi connectivity index (χ2n) is 8.73. The zero-order chi connectivity index (χ0) is 21.8. The van der Waals surface area contributed by atoms with Gasteiger partial charge in [0.2, 0.25) is 0 Å². The number of ketones is 1. The van der Waals surface area contributed by atoms with Crippen LogP contribution < -0.4 is 4.74 Å². The third-order valence-electron chi connectivity index (χ3n) is 6.61. The van der Waals surface area contributed by atoms with Gasteiger partial charge in [-0.1, -0.05) is 25.1 Å². The van der Waals surface area contributed by atoms with Gasteiger partial charge in [0.1, 0.15) is 18.4 Å². The summed E-state index contributed by atoms with van der Waals surface area (Å²) >= 11 is 0. The molecule has 0 spiro atoms. The Bertz CT molecular complexity index is 1160. The highest BCUT2D eigenvalue weighted by Crippen LogP contribution is 2.33. The summed E-state index contributed by atoms with van der Waals surface area (Å²) in [6, 6.07) is 6.83. The lowest BCUT2D eigenvalue weighted by Gasteiger charge is -2.32. The van der Waals surface area contributed by atoms with Crippen LogP contribution in [0, 0.1) is 5.92 Å². The summed E-state index contributed by atoms with van der Waals surface area (Å²) in [6.45, 7) is 2.89. The van der Waals surface area contributed by atoms with E-state index < -0.39 is 15.9 Å². The molecule has 2 aromatic rings. The minimum absolute atomic E-state index is 0.0220. The molecule has 1 aromatic carbocycles. The average Bonchev–Trinajstić information content (AvgIpc) is 3.28. The van der Waals surface area contributed by atoms with Gasteiger partial charge in [0.15, 0.2) is 21.3 Å². The van der Waals surface area contributed by atoms with Crippen molar-refractivity contribution in [2.45, 2.75) is 38.3 Å². The number of hydrogen-bond donors (Lipinski definition) is 0. The van der Waals surface area contributed by atoms with Gasteiger partial charge in [-0.15, -0.1) is 0 Å². The van der Waals surface area contributed by atoms with Crippen molar-refractivity contribution in [2.24, 2.45) is 5.92 Å². The van der Waals surface area contributed by atoms with Crippen LogP contribution in [-0.2, 0) is 27.6 Å². The van der Waals surface area contributed by atoms with Gasteiger partial charge in [-0.2, -0.15) is 5.10 Å². The minimum Gasteiger partial charge on any atom is -0.491 e. The predicted octanol–water partition coefficient (Wildman–Crippen LogP) is 1.45. The van der Waals surface area contributed by atoms with Gasteiger partial charge in [0.25, 0.3) is 5.91 Å². The van der Waals surface area contributed by atoms with Gasteiger partial charge in [-0.3, -0.25) is 14.3 Å². The number of benzene rings is 1. The molecule has 1 amide bonds. The summed E-state index contributed by atoms with van der Waals surface area (Å²) in [5, 5.41) is 4.47. The standard InChI is InChI=1S/C22H25N3O5S/c1-14-17-4-2-3-5-19(17)30-12-18(21(14)26)25-8-6-16-11-24(23-20(16)22(25)27)10-15-7-9-31(28,29)13-15/h2-5,11,14-15,18H,6-10,12-13H2,1H3/t14?,15?,18-/m0/s1. The Hall–Kier alpha value is -2.68. The molecule has 3 atom stereocenters. The molecular formula is C22H25N3O5S. The van der Waals surface area contributed by atoms with Crippen LogP contribution in [0.3, 0.4) is 0 Å². The summed E-state index contributed by atoms with van der Waals surface area (Å²) in [5.74, 6) is 0.441. The molecule has 9 heteroatoms. The van der Waals surface area contributed by atoms with Gasteiger partial charge in [0.05, 0.1) is 11.5 Å². The number of carbonyl (C=O) groups is 2. The first-order chi connectivity index (χ1) is 14.8. The van der Waals surface area contributed by atoms with Crippen LogP contribution in [0.5, 0.6) is 5.75 Å². The van der Waals surface area contributed by atoms with Crippen LogP contribution in [0.2, 0.25) is 0 Å². The zero-order valence-corrected chi connectivity index (χ0v) is 18.2. The molecule has 164 valence electrons. The van der Waals surface area contributed by atoms with E-state index in [2.05, 4.69) is 5.10 Å². The lowest BCUT2D eigenvalue weighted by Crippen LogP contribution is -2.51. The highest BCUT2D eigenvalue weighted by Gasteiger charge is 2.40. The first-order valence-electron chi connectivity index (χ1n) is 10.7. The molecule has 4 heterocycles. The number of aromatic nitrogens is 2. The molecule has 0 saturated carbocycles. The van der Waals surface area contributed by atoms with E-state index in [4.69, 9.17) is 4.74 Å². The molecule has 0 bridgehead atoms. The molecule has 0 N–H and O–H groups in total. The van der Waals surface area contributed by atoms with Crippen LogP contribution in [0.4, 0.5) is 0 Å². The SMILES string of the molecule is CC1C(=O)[C@@H](N2CCc3cn(CC4CCS(=O)(=O)C4)nc3C2=O)COc2ccccc21. The summed E-state index contributed by atoms with van der Waals surface area (Å²) in [5.41, 5.74) is 2.05. The van der Waals surface area contributed by atoms with E-state index in [9.17, 15) is 18.0 Å². The summed E-state index contributed by atoms with van der Waals surface area (Å²) in [6.07, 6.45) is 3.08. The Morgan fingerprint density at radius 2 is 2.03 bits per heavy atom. The van der Waals surface area contributed by atoms with Gasteiger partial charge in [-0.05, 0) is 24.8 Å². The van der Waals surface area contributed by atoms with E-state index in [1.807, 2.05) is 37.4 Å². The molecule has 3 aliphatic rings. The Morgan fingerprint density at radius 1 is 1.23 bits per heavy atom. The van der Waals surface area contributed by atoms with Gasteiger partial charge >= 0.3 is 0 Å². The van der Waals surface area contributed by atoms with E-state index in [-0.39, 0.29) is 41.6 Å². The summed E-state index contributed by atoms with van der Waals surface area (Å²) in [7, 11) is -2.96. The van der Waals surface area contributed by atoms with E-state index in [1.165, 1.54) is 0 Å². The van der Waals surface area contributed by atoms with E-state index in [0.29, 0.717) is 37.4 Å². The Balaban J connectivity index is 1.35. The van der Waals surface area contributed by atoms with Crippen molar-refractivity contribution in [3.8, 4) is 5.75 Å².